The number of ether oxygens (including phenoxy) is 1. The number of thioether (sulfide) groups is 1. The van der Waals surface area contributed by atoms with Crippen LogP contribution in [-0.4, -0.2) is 24.9 Å². The average Bonchev–Trinajstić information content (AvgIpc) is 2.39. The zero-order chi connectivity index (χ0) is 12.8. The van der Waals surface area contributed by atoms with Crippen molar-refractivity contribution in [2.45, 2.75) is 30.7 Å². The minimum absolute atomic E-state index is 0.122. The lowest BCUT2D eigenvalue weighted by molar-refractivity contribution is -0.143. The maximum atomic E-state index is 11.3. The molecule has 0 bridgehead atoms. The van der Waals surface area contributed by atoms with Gasteiger partial charge in [0.1, 0.15) is 0 Å². The van der Waals surface area contributed by atoms with Crippen molar-refractivity contribution in [1.82, 2.24) is 5.32 Å². The van der Waals surface area contributed by atoms with Gasteiger partial charge >= 0.3 is 5.97 Å². The van der Waals surface area contributed by atoms with Crippen LogP contribution in [0.3, 0.4) is 0 Å². The van der Waals surface area contributed by atoms with Crippen molar-refractivity contribution < 1.29 is 9.53 Å². The van der Waals surface area contributed by atoms with Crippen LogP contribution in [0.1, 0.15) is 31.4 Å². The van der Waals surface area contributed by atoms with Gasteiger partial charge in [0.25, 0.3) is 0 Å². The Morgan fingerprint density at radius 1 is 1.50 bits per heavy atom. The fourth-order valence-corrected chi connectivity index (χ4v) is 3.26. The molecule has 1 N–H and O–H groups in total. The molecule has 0 spiro atoms. The van der Waals surface area contributed by atoms with Crippen LogP contribution in [-0.2, 0) is 9.53 Å². The number of carbonyl (C=O) groups is 1. The molecule has 0 aliphatic carbocycles. The third kappa shape index (κ3) is 3.50. The van der Waals surface area contributed by atoms with Crippen LogP contribution in [0.5, 0.6) is 0 Å². The number of hydrogen-bond donors (Lipinski definition) is 1. The SMILES string of the molecule is CCOC(=O)CCNC1CCSc2ccccc21. The molecule has 0 radical (unpaired) electrons. The maximum absolute atomic E-state index is 11.3. The van der Waals surface area contributed by atoms with E-state index in [2.05, 4.69) is 29.6 Å². The first-order valence-electron chi connectivity index (χ1n) is 6.42. The van der Waals surface area contributed by atoms with E-state index in [-0.39, 0.29) is 5.97 Å². The Balaban J connectivity index is 1.86. The Kier molecular flexibility index (Phi) is 5.08. The van der Waals surface area contributed by atoms with Crippen molar-refractivity contribution in [2.24, 2.45) is 0 Å². The molecule has 3 nitrogen and oxygen atoms in total. The largest absolute Gasteiger partial charge is 0.466 e. The maximum Gasteiger partial charge on any atom is 0.307 e. The van der Waals surface area contributed by atoms with E-state index in [0.717, 1.165) is 12.2 Å². The number of rotatable bonds is 5. The predicted molar refractivity (Wildman–Crippen MR) is 73.8 cm³/mol. The molecule has 1 unspecified atom stereocenters. The van der Waals surface area contributed by atoms with Crippen molar-refractivity contribution in [3.05, 3.63) is 29.8 Å². The van der Waals surface area contributed by atoms with E-state index in [1.54, 1.807) is 0 Å². The Hall–Kier alpha value is -1.00. The summed E-state index contributed by atoms with van der Waals surface area (Å²) < 4.78 is 4.92. The van der Waals surface area contributed by atoms with Crippen LogP contribution in [0, 0.1) is 0 Å². The summed E-state index contributed by atoms with van der Waals surface area (Å²) in [6.45, 7) is 2.98. The molecule has 0 fully saturated rings. The second kappa shape index (κ2) is 6.81. The van der Waals surface area contributed by atoms with Gasteiger partial charge < -0.3 is 10.1 Å². The lowest BCUT2D eigenvalue weighted by Crippen LogP contribution is -2.27. The first kappa shape index (κ1) is 13.4. The molecule has 1 aliphatic heterocycles. The van der Waals surface area contributed by atoms with Crippen molar-refractivity contribution >= 4 is 17.7 Å². The minimum atomic E-state index is -0.122. The lowest BCUT2D eigenvalue weighted by Gasteiger charge is -2.25. The molecule has 18 heavy (non-hydrogen) atoms. The summed E-state index contributed by atoms with van der Waals surface area (Å²) in [5.41, 5.74) is 1.36. The van der Waals surface area contributed by atoms with Gasteiger partial charge in [-0.3, -0.25) is 4.79 Å². The smallest absolute Gasteiger partial charge is 0.307 e. The van der Waals surface area contributed by atoms with Crippen LogP contribution in [0.4, 0.5) is 0 Å². The zero-order valence-electron chi connectivity index (χ0n) is 10.6. The fraction of sp³-hybridized carbons (Fsp3) is 0.500. The van der Waals surface area contributed by atoms with E-state index < -0.39 is 0 Å². The quantitative estimate of drug-likeness (QED) is 0.831. The molecular weight excluding hydrogens is 246 g/mol. The van der Waals surface area contributed by atoms with Crippen LogP contribution < -0.4 is 5.32 Å². The van der Waals surface area contributed by atoms with Gasteiger partial charge in [0.15, 0.2) is 0 Å². The summed E-state index contributed by atoms with van der Waals surface area (Å²) >= 11 is 1.91. The number of carbonyl (C=O) groups excluding carboxylic acids is 1. The highest BCUT2D eigenvalue weighted by molar-refractivity contribution is 7.99. The molecule has 0 aromatic heterocycles. The van der Waals surface area contributed by atoms with E-state index >= 15 is 0 Å². The first-order valence-corrected chi connectivity index (χ1v) is 7.40. The number of benzene rings is 1. The highest BCUT2D eigenvalue weighted by atomic mass is 32.2. The second-order valence-corrected chi connectivity index (χ2v) is 5.37. The van der Waals surface area contributed by atoms with E-state index in [4.69, 9.17) is 4.74 Å². The fourth-order valence-electron chi connectivity index (χ4n) is 2.14. The number of hydrogen-bond acceptors (Lipinski definition) is 4. The van der Waals surface area contributed by atoms with E-state index in [9.17, 15) is 4.79 Å². The van der Waals surface area contributed by atoms with E-state index in [0.29, 0.717) is 25.6 Å². The summed E-state index contributed by atoms with van der Waals surface area (Å²) in [5.74, 6) is 1.01. The van der Waals surface area contributed by atoms with Crippen LogP contribution in [0.2, 0.25) is 0 Å². The van der Waals surface area contributed by atoms with Crippen molar-refractivity contribution in [2.75, 3.05) is 18.9 Å². The topological polar surface area (TPSA) is 38.3 Å². The zero-order valence-corrected chi connectivity index (χ0v) is 11.5. The number of fused-ring (bicyclic) bond motifs is 1. The van der Waals surface area contributed by atoms with E-state index in [1.165, 1.54) is 10.5 Å². The Bertz CT molecular complexity index is 409. The minimum Gasteiger partial charge on any atom is -0.466 e. The average molecular weight is 265 g/mol. The Morgan fingerprint density at radius 3 is 3.17 bits per heavy atom. The van der Waals surface area contributed by atoms with Gasteiger partial charge in [0.2, 0.25) is 0 Å². The summed E-state index contributed by atoms with van der Waals surface area (Å²) in [7, 11) is 0. The molecular formula is C14H19NO2S. The van der Waals surface area contributed by atoms with Gasteiger partial charge in [-0.25, -0.2) is 0 Å². The first-order chi connectivity index (χ1) is 8.81. The lowest BCUT2D eigenvalue weighted by atomic mass is 10.0. The van der Waals surface area contributed by atoms with Crippen LogP contribution >= 0.6 is 11.8 Å². The predicted octanol–water partition coefficient (Wildman–Crippen LogP) is 2.77. The van der Waals surface area contributed by atoms with Gasteiger partial charge in [0.05, 0.1) is 13.0 Å². The highest BCUT2D eigenvalue weighted by Gasteiger charge is 2.19. The van der Waals surface area contributed by atoms with Crippen LogP contribution in [0.25, 0.3) is 0 Å². The molecule has 98 valence electrons. The summed E-state index contributed by atoms with van der Waals surface area (Å²) in [6, 6.07) is 8.86. The molecule has 1 aliphatic rings. The second-order valence-electron chi connectivity index (χ2n) is 4.24. The summed E-state index contributed by atoms with van der Waals surface area (Å²) in [6.07, 6.45) is 1.56. The van der Waals surface area contributed by atoms with Gasteiger partial charge in [-0.2, -0.15) is 0 Å². The number of nitrogens with one attached hydrogen (secondary N) is 1. The normalized spacial score (nSPS) is 18.2. The molecule has 1 heterocycles. The molecule has 1 atom stereocenters. The van der Waals surface area contributed by atoms with Gasteiger partial charge in [-0.15, -0.1) is 11.8 Å². The molecule has 4 heteroatoms. The molecule has 1 aromatic rings. The molecule has 1 aromatic carbocycles. The van der Waals surface area contributed by atoms with Crippen LogP contribution in [0.15, 0.2) is 29.2 Å². The molecule has 0 saturated carbocycles. The molecule has 0 saturated heterocycles. The Labute approximate surface area is 112 Å². The van der Waals surface area contributed by atoms with Crippen molar-refractivity contribution in [1.29, 1.82) is 0 Å². The third-order valence-electron chi connectivity index (χ3n) is 2.98. The van der Waals surface area contributed by atoms with Gasteiger partial charge in [-0.1, -0.05) is 18.2 Å². The van der Waals surface area contributed by atoms with Crippen molar-refractivity contribution in [3.63, 3.8) is 0 Å². The summed E-state index contributed by atoms with van der Waals surface area (Å²) in [4.78, 5) is 12.6. The van der Waals surface area contributed by atoms with E-state index in [1.807, 2.05) is 18.7 Å². The highest BCUT2D eigenvalue weighted by Crippen LogP contribution is 2.35. The molecule has 0 amide bonds. The van der Waals surface area contributed by atoms with Gasteiger partial charge in [0, 0.05) is 17.5 Å². The van der Waals surface area contributed by atoms with Crippen molar-refractivity contribution in [3.8, 4) is 0 Å². The monoisotopic (exact) mass is 265 g/mol. The standard InChI is InChI=1S/C14H19NO2S/c1-2-17-14(16)7-9-15-12-8-10-18-13-6-4-3-5-11(12)13/h3-6,12,15H,2,7-10H2,1H3. The third-order valence-corrected chi connectivity index (χ3v) is 4.11. The molecule has 2 rings (SSSR count). The Morgan fingerprint density at radius 2 is 2.33 bits per heavy atom. The van der Waals surface area contributed by atoms with Gasteiger partial charge in [-0.05, 0) is 30.7 Å². The summed E-state index contributed by atoms with van der Waals surface area (Å²) in [5, 5.41) is 3.45. The number of esters is 1.